The predicted octanol–water partition coefficient (Wildman–Crippen LogP) is 3.75. The summed E-state index contributed by atoms with van der Waals surface area (Å²) in [5.74, 6) is 1.56. The first-order valence-electron chi connectivity index (χ1n) is 10.1. The maximum atomic E-state index is 12.9. The number of benzene rings is 1. The highest BCUT2D eigenvalue weighted by Crippen LogP contribution is 2.32. The molecule has 0 saturated carbocycles. The largest absolute Gasteiger partial charge is 0.353 e. The zero-order valence-electron chi connectivity index (χ0n) is 15.8. The molecule has 0 N–H and O–H groups in total. The smallest absolute Gasteiger partial charge is 0.226 e. The van der Waals surface area contributed by atoms with Crippen LogP contribution in [-0.4, -0.2) is 46.5 Å². The lowest BCUT2D eigenvalue weighted by Crippen LogP contribution is -2.51. The number of hydrogen-bond donors (Lipinski definition) is 0. The maximum absolute atomic E-state index is 12.9. The van der Waals surface area contributed by atoms with E-state index in [1.807, 2.05) is 23.8 Å². The van der Waals surface area contributed by atoms with Crippen molar-refractivity contribution in [1.82, 2.24) is 14.9 Å². The number of pyridine rings is 1. The van der Waals surface area contributed by atoms with Crippen LogP contribution in [0.4, 0.5) is 5.82 Å². The summed E-state index contributed by atoms with van der Waals surface area (Å²) in [4.78, 5) is 26.2. The molecule has 0 spiro atoms. The van der Waals surface area contributed by atoms with Crippen LogP contribution in [0.2, 0.25) is 0 Å². The fourth-order valence-electron chi connectivity index (χ4n) is 4.68. The van der Waals surface area contributed by atoms with Crippen molar-refractivity contribution < 1.29 is 4.79 Å². The standard InChI is InChI=1S/C22H24N4OS/c27-22-17(7-3-5-16-6-4-8-19-21(16)28-15-24-19)13-18-14-25(11-12-26(18)22)20-9-1-2-10-23-20/h1-2,4,6,8-10,15,17-18H,3,5,7,11-14H2/t17-,18-/m0/s1. The first-order valence-corrected chi connectivity index (χ1v) is 10.9. The minimum Gasteiger partial charge on any atom is -0.353 e. The number of rotatable bonds is 5. The highest BCUT2D eigenvalue weighted by Gasteiger charge is 2.41. The van der Waals surface area contributed by atoms with Crippen LogP contribution in [0.15, 0.2) is 48.1 Å². The first-order chi connectivity index (χ1) is 13.8. The van der Waals surface area contributed by atoms with Gasteiger partial charge in [-0.15, -0.1) is 11.3 Å². The van der Waals surface area contributed by atoms with Crippen molar-refractivity contribution in [2.45, 2.75) is 31.7 Å². The predicted molar refractivity (Wildman–Crippen MR) is 113 cm³/mol. The van der Waals surface area contributed by atoms with Gasteiger partial charge < -0.3 is 9.80 Å². The quantitative estimate of drug-likeness (QED) is 0.664. The van der Waals surface area contributed by atoms with Crippen LogP contribution in [-0.2, 0) is 11.2 Å². The normalized spacial score (nSPS) is 22.1. The van der Waals surface area contributed by atoms with Gasteiger partial charge in [-0.05, 0) is 49.4 Å². The van der Waals surface area contributed by atoms with Gasteiger partial charge in [-0.25, -0.2) is 9.97 Å². The Morgan fingerprint density at radius 3 is 2.96 bits per heavy atom. The molecule has 2 aliphatic rings. The summed E-state index contributed by atoms with van der Waals surface area (Å²) in [6, 6.07) is 12.7. The molecule has 144 valence electrons. The van der Waals surface area contributed by atoms with Crippen molar-refractivity contribution in [2.24, 2.45) is 5.92 Å². The molecule has 6 heteroatoms. The average Bonchev–Trinajstić information content (AvgIpc) is 3.34. The second-order valence-electron chi connectivity index (χ2n) is 7.76. The van der Waals surface area contributed by atoms with E-state index in [4.69, 9.17) is 0 Å². The number of piperazine rings is 1. The first kappa shape index (κ1) is 17.6. The number of fused-ring (bicyclic) bond motifs is 2. The highest BCUT2D eigenvalue weighted by atomic mass is 32.1. The Bertz CT molecular complexity index is 973. The molecule has 0 bridgehead atoms. The Balaban J connectivity index is 1.20. The van der Waals surface area contributed by atoms with Crippen molar-refractivity contribution in [3.8, 4) is 0 Å². The van der Waals surface area contributed by atoms with Gasteiger partial charge in [0.2, 0.25) is 5.91 Å². The van der Waals surface area contributed by atoms with Crippen LogP contribution >= 0.6 is 11.3 Å². The zero-order chi connectivity index (χ0) is 18.9. The van der Waals surface area contributed by atoms with Crippen molar-refractivity contribution in [2.75, 3.05) is 24.5 Å². The molecule has 1 amide bonds. The third kappa shape index (κ3) is 3.26. The fraction of sp³-hybridized carbons (Fsp3) is 0.409. The molecule has 5 nitrogen and oxygen atoms in total. The lowest BCUT2D eigenvalue weighted by atomic mass is 9.96. The van der Waals surface area contributed by atoms with Crippen LogP contribution in [0, 0.1) is 5.92 Å². The van der Waals surface area contributed by atoms with E-state index in [1.165, 1.54) is 10.3 Å². The molecule has 2 fully saturated rings. The molecule has 0 aliphatic carbocycles. The number of carbonyl (C=O) groups excluding carboxylic acids is 1. The molecule has 4 heterocycles. The molecular formula is C22H24N4OS. The lowest BCUT2D eigenvalue weighted by molar-refractivity contribution is -0.132. The number of hydrogen-bond acceptors (Lipinski definition) is 5. The number of nitrogens with zero attached hydrogens (tertiary/aromatic N) is 4. The number of aromatic nitrogens is 2. The highest BCUT2D eigenvalue weighted by molar-refractivity contribution is 7.16. The summed E-state index contributed by atoms with van der Waals surface area (Å²) >= 11 is 1.71. The zero-order valence-corrected chi connectivity index (χ0v) is 16.6. The van der Waals surface area contributed by atoms with E-state index in [0.29, 0.717) is 11.9 Å². The van der Waals surface area contributed by atoms with Crippen LogP contribution in [0.25, 0.3) is 10.2 Å². The van der Waals surface area contributed by atoms with Gasteiger partial charge in [-0.2, -0.15) is 0 Å². The second kappa shape index (κ2) is 7.51. The third-order valence-electron chi connectivity index (χ3n) is 6.08. The van der Waals surface area contributed by atoms with Gasteiger partial charge in [0.1, 0.15) is 5.82 Å². The summed E-state index contributed by atoms with van der Waals surface area (Å²) in [6.45, 7) is 2.59. The van der Waals surface area contributed by atoms with Gasteiger partial charge in [0.25, 0.3) is 0 Å². The fourth-order valence-corrected chi connectivity index (χ4v) is 5.52. The molecule has 0 radical (unpaired) electrons. The van der Waals surface area contributed by atoms with E-state index in [-0.39, 0.29) is 5.92 Å². The van der Waals surface area contributed by atoms with Crippen LogP contribution < -0.4 is 4.90 Å². The van der Waals surface area contributed by atoms with Crippen LogP contribution in [0.3, 0.4) is 0 Å². The molecule has 2 atom stereocenters. The van der Waals surface area contributed by atoms with Crippen molar-refractivity contribution >= 4 is 33.3 Å². The number of aryl methyl sites for hydroxylation is 1. The Kier molecular flexibility index (Phi) is 4.72. The number of thiazole rings is 1. The van der Waals surface area contributed by atoms with Crippen LogP contribution in [0.5, 0.6) is 0 Å². The summed E-state index contributed by atoms with van der Waals surface area (Å²) in [7, 11) is 0. The van der Waals surface area contributed by atoms with Gasteiger partial charge in [-0.1, -0.05) is 18.2 Å². The molecule has 5 rings (SSSR count). The van der Waals surface area contributed by atoms with Gasteiger partial charge in [0.15, 0.2) is 0 Å². The molecule has 28 heavy (non-hydrogen) atoms. The van der Waals surface area contributed by atoms with Crippen molar-refractivity contribution in [1.29, 1.82) is 0 Å². The lowest BCUT2D eigenvalue weighted by Gasteiger charge is -2.38. The van der Waals surface area contributed by atoms with Crippen molar-refractivity contribution in [3.05, 3.63) is 53.7 Å². The molecular weight excluding hydrogens is 368 g/mol. The third-order valence-corrected chi connectivity index (χ3v) is 7.00. The van der Waals surface area contributed by atoms with E-state index in [9.17, 15) is 4.79 Å². The van der Waals surface area contributed by atoms with E-state index in [0.717, 1.165) is 56.7 Å². The van der Waals surface area contributed by atoms with Gasteiger partial charge in [0.05, 0.1) is 21.8 Å². The van der Waals surface area contributed by atoms with Gasteiger partial charge in [0, 0.05) is 31.7 Å². The Morgan fingerprint density at radius 1 is 1.11 bits per heavy atom. The SMILES string of the molecule is O=C1[C@@H](CCCc2cccc3ncsc23)C[C@H]2CN(c3ccccn3)CCN12. The van der Waals surface area contributed by atoms with E-state index < -0.39 is 0 Å². The minimum absolute atomic E-state index is 0.175. The van der Waals surface area contributed by atoms with E-state index in [2.05, 4.69) is 44.0 Å². The summed E-state index contributed by atoms with van der Waals surface area (Å²) in [6.07, 6.45) is 5.87. The van der Waals surface area contributed by atoms with Crippen LogP contribution in [0.1, 0.15) is 24.8 Å². The minimum atomic E-state index is 0.175. The molecule has 3 aromatic rings. The molecule has 1 aromatic carbocycles. The average molecular weight is 393 g/mol. The van der Waals surface area contributed by atoms with Gasteiger partial charge >= 0.3 is 0 Å². The maximum Gasteiger partial charge on any atom is 0.226 e. The van der Waals surface area contributed by atoms with E-state index in [1.54, 1.807) is 11.3 Å². The number of carbonyl (C=O) groups is 1. The van der Waals surface area contributed by atoms with Crippen molar-refractivity contribution in [3.63, 3.8) is 0 Å². The topological polar surface area (TPSA) is 49.3 Å². The van der Waals surface area contributed by atoms with E-state index >= 15 is 0 Å². The monoisotopic (exact) mass is 392 g/mol. The second-order valence-corrected chi connectivity index (χ2v) is 8.62. The molecule has 2 aliphatic heterocycles. The molecule has 2 saturated heterocycles. The Hall–Kier alpha value is -2.47. The molecule has 2 aromatic heterocycles. The summed E-state index contributed by atoms with van der Waals surface area (Å²) < 4.78 is 1.30. The Labute approximate surface area is 169 Å². The summed E-state index contributed by atoms with van der Waals surface area (Å²) in [5.41, 5.74) is 4.37. The van der Waals surface area contributed by atoms with Gasteiger partial charge in [-0.3, -0.25) is 4.79 Å². The number of amides is 1. The summed E-state index contributed by atoms with van der Waals surface area (Å²) in [5, 5.41) is 0. The number of anilines is 1. The molecule has 0 unspecified atom stereocenters. The Morgan fingerprint density at radius 2 is 2.07 bits per heavy atom.